The maximum Gasteiger partial charge on any atom is 0.262 e. The molecule has 0 aliphatic carbocycles. The summed E-state index contributed by atoms with van der Waals surface area (Å²) in [6.45, 7) is 3.97. The average molecular weight is 395 g/mol. The third kappa shape index (κ3) is 3.22. The van der Waals surface area contributed by atoms with Gasteiger partial charge in [0.2, 0.25) is 0 Å². The number of nitrogens with zero attached hydrogens (tertiary/aromatic N) is 4. The normalized spacial score (nSPS) is 11.0. The van der Waals surface area contributed by atoms with Crippen molar-refractivity contribution in [2.75, 3.05) is 5.32 Å². The number of rotatable bonds is 4. The van der Waals surface area contributed by atoms with Crippen molar-refractivity contribution in [2.45, 2.75) is 13.8 Å². The number of hydrogen-bond donors (Lipinski definition) is 1. The number of thiazole rings is 1. The fourth-order valence-corrected chi connectivity index (χ4v) is 3.82. The van der Waals surface area contributed by atoms with Gasteiger partial charge in [0.25, 0.3) is 5.91 Å². The van der Waals surface area contributed by atoms with Crippen molar-refractivity contribution >= 4 is 22.4 Å². The Labute approximate surface area is 165 Å². The van der Waals surface area contributed by atoms with E-state index in [2.05, 4.69) is 15.4 Å². The predicted octanol–water partition coefficient (Wildman–Crippen LogP) is 4.34. The minimum absolute atomic E-state index is 0.282. The van der Waals surface area contributed by atoms with Crippen LogP contribution in [0.25, 0.3) is 17.1 Å². The van der Waals surface area contributed by atoms with Gasteiger partial charge in [-0.25, -0.2) is 9.37 Å². The molecule has 0 atom stereocenters. The first kappa shape index (κ1) is 18.1. The molecule has 0 aliphatic rings. The van der Waals surface area contributed by atoms with Crippen LogP contribution in [0, 0.1) is 19.7 Å². The van der Waals surface area contributed by atoms with Crippen LogP contribution in [0.1, 0.15) is 21.7 Å². The van der Waals surface area contributed by atoms with Crippen molar-refractivity contribution in [3.8, 4) is 17.1 Å². The lowest BCUT2D eigenvalue weighted by Crippen LogP contribution is -2.16. The zero-order chi connectivity index (χ0) is 19.8. The number of anilines is 1. The molecule has 1 aromatic carbocycles. The summed E-state index contributed by atoms with van der Waals surface area (Å²) in [4.78, 5) is 17.3. The van der Waals surface area contributed by atoms with Gasteiger partial charge < -0.3 is 4.57 Å². The van der Waals surface area contributed by atoms with Gasteiger partial charge in [-0.15, -0.1) is 11.3 Å². The summed E-state index contributed by atoms with van der Waals surface area (Å²) in [6.07, 6.45) is 1.55. The van der Waals surface area contributed by atoms with E-state index in [0.717, 1.165) is 17.0 Å². The lowest BCUT2D eigenvalue weighted by molar-refractivity contribution is 0.102. The summed E-state index contributed by atoms with van der Waals surface area (Å²) in [7, 11) is 1.81. The van der Waals surface area contributed by atoms with Gasteiger partial charge in [0.15, 0.2) is 5.13 Å². The Balaban J connectivity index is 1.61. The quantitative estimate of drug-likeness (QED) is 0.559. The maximum atomic E-state index is 13.1. The van der Waals surface area contributed by atoms with Gasteiger partial charge in [-0.3, -0.25) is 14.8 Å². The highest BCUT2D eigenvalue weighted by molar-refractivity contribution is 7.14. The Morgan fingerprint density at radius 1 is 1.11 bits per heavy atom. The fraction of sp³-hybridized carbons (Fsp3) is 0.150. The third-order valence-electron chi connectivity index (χ3n) is 4.50. The van der Waals surface area contributed by atoms with Crippen molar-refractivity contribution < 1.29 is 9.18 Å². The van der Waals surface area contributed by atoms with Crippen molar-refractivity contribution in [1.29, 1.82) is 0 Å². The van der Waals surface area contributed by atoms with E-state index in [1.54, 1.807) is 30.1 Å². The minimum atomic E-state index is -0.299. The van der Waals surface area contributed by atoms with E-state index in [9.17, 15) is 9.18 Å². The first-order chi connectivity index (χ1) is 13.4. The molecule has 0 saturated heterocycles. The molecule has 6 nitrogen and oxygen atoms in total. The number of aromatic nitrogens is 4. The molecule has 0 saturated carbocycles. The topological polar surface area (TPSA) is 64.7 Å². The van der Waals surface area contributed by atoms with Gasteiger partial charge in [-0.1, -0.05) is 0 Å². The third-order valence-corrected chi connectivity index (χ3v) is 5.26. The number of aryl methyl sites for hydroxylation is 3. The molecule has 0 bridgehead atoms. The number of carbonyl (C=O) groups is 1. The summed E-state index contributed by atoms with van der Waals surface area (Å²) in [5, 5.41) is 9.40. The van der Waals surface area contributed by atoms with E-state index in [0.29, 0.717) is 22.2 Å². The van der Waals surface area contributed by atoms with Crippen molar-refractivity contribution in [3.05, 3.63) is 70.7 Å². The average Bonchev–Trinajstić information content (AvgIpc) is 3.36. The molecule has 0 spiro atoms. The molecule has 0 radical (unpaired) electrons. The fourth-order valence-electron chi connectivity index (χ4n) is 3.11. The molecule has 3 heterocycles. The summed E-state index contributed by atoms with van der Waals surface area (Å²) in [6, 6.07) is 10.1. The second-order valence-electron chi connectivity index (χ2n) is 6.46. The van der Waals surface area contributed by atoms with E-state index in [-0.39, 0.29) is 11.7 Å². The smallest absolute Gasteiger partial charge is 0.262 e. The van der Waals surface area contributed by atoms with Crippen LogP contribution in [0.15, 0.2) is 48.0 Å². The van der Waals surface area contributed by atoms with E-state index < -0.39 is 0 Å². The molecule has 0 unspecified atom stereocenters. The van der Waals surface area contributed by atoms with Crippen LogP contribution in [0.2, 0.25) is 0 Å². The van der Waals surface area contributed by atoms with Gasteiger partial charge in [0, 0.05) is 29.4 Å². The summed E-state index contributed by atoms with van der Waals surface area (Å²) in [5.74, 6) is 0.121. The second-order valence-corrected chi connectivity index (χ2v) is 7.31. The summed E-state index contributed by atoms with van der Waals surface area (Å²) >= 11 is 1.32. The number of nitrogens with one attached hydrogen (secondary N) is 1. The highest BCUT2D eigenvalue weighted by atomic mass is 32.1. The van der Waals surface area contributed by atoms with Crippen molar-refractivity contribution in [3.63, 3.8) is 0 Å². The number of carbonyl (C=O) groups excluding carboxylic acids is 1. The molecule has 28 heavy (non-hydrogen) atoms. The monoisotopic (exact) mass is 395 g/mol. The van der Waals surface area contributed by atoms with Crippen LogP contribution in [0.4, 0.5) is 9.52 Å². The van der Waals surface area contributed by atoms with E-state index in [1.807, 2.05) is 35.9 Å². The number of amides is 1. The van der Waals surface area contributed by atoms with E-state index >= 15 is 0 Å². The van der Waals surface area contributed by atoms with Crippen LogP contribution in [-0.2, 0) is 7.05 Å². The Morgan fingerprint density at radius 3 is 2.46 bits per heavy atom. The van der Waals surface area contributed by atoms with Gasteiger partial charge in [-0.2, -0.15) is 5.10 Å². The molecular weight excluding hydrogens is 377 g/mol. The first-order valence-electron chi connectivity index (χ1n) is 8.64. The molecule has 4 aromatic rings. The Morgan fingerprint density at radius 2 is 1.79 bits per heavy atom. The molecule has 4 rings (SSSR count). The maximum absolute atomic E-state index is 13.1. The number of halogens is 1. The van der Waals surface area contributed by atoms with Gasteiger partial charge in [0.1, 0.15) is 17.2 Å². The van der Waals surface area contributed by atoms with E-state index in [4.69, 9.17) is 0 Å². The summed E-state index contributed by atoms with van der Waals surface area (Å²) < 4.78 is 16.8. The van der Waals surface area contributed by atoms with Crippen LogP contribution in [-0.4, -0.2) is 25.2 Å². The molecule has 0 aliphatic heterocycles. The summed E-state index contributed by atoms with van der Waals surface area (Å²) in [5.41, 5.74) is 3.97. The largest absolute Gasteiger partial charge is 0.303 e. The Bertz CT molecular complexity index is 1140. The second kappa shape index (κ2) is 7.05. The lowest BCUT2D eigenvalue weighted by Gasteiger charge is -2.12. The minimum Gasteiger partial charge on any atom is -0.303 e. The molecule has 1 N–H and O–H groups in total. The van der Waals surface area contributed by atoms with E-state index in [1.165, 1.54) is 23.5 Å². The molecule has 1 amide bonds. The van der Waals surface area contributed by atoms with Crippen LogP contribution in [0.5, 0.6) is 0 Å². The predicted molar refractivity (Wildman–Crippen MR) is 107 cm³/mol. The Kier molecular flexibility index (Phi) is 4.56. The van der Waals surface area contributed by atoms with Gasteiger partial charge >= 0.3 is 0 Å². The molecule has 3 aromatic heterocycles. The SMILES string of the molecule is Cc1ccc(C)n1-c1c(C(=O)Nc2nc(-c3ccc(F)cc3)cs2)cnn1C. The van der Waals surface area contributed by atoms with Crippen molar-refractivity contribution in [1.82, 2.24) is 19.3 Å². The first-order valence-corrected chi connectivity index (χ1v) is 9.52. The Hall–Kier alpha value is -3.26. The highest BCUT2D eigenvalue weighted by Gasteiger charge is 2.21. The number of benzene rings is 1. The van der Waals surface area contributed by atoms with Crippen LogP contribution < -0.4 is 5.32 Å². The molecule has 0 fully saturated rings. The van der Waals surface area contributed by atoms with Crippen LogP contribution in [0.3, 0.4) is 0 Å². The lowest BCUT2D eigenvalue weighted by atomic mass is 10.2. The van der Waals surface area contributed by atoms with Gasteiger partial charge in [0.05, 0.1) is 11.9 Å². The molecular formula is C20H18FN5OS. The number of hydrogen-bond acceptors (Lipinski definition) is 4. The zero-order valence-electron chi connectivity index (χ0n) is 15.6. The van der Waals surface area contributed by atoms with Crippen LogP contribution >= 0.6 is 11.3 Å². The van der Waals surface area contributed by atoms with Gasteiger partial charge in [-0.05, 0) is 50.2 Å². The molecule has 8 heteroatoms. The molecule has 142 valence electrons. The standard InChI is InChI=1S/C20H18FN5OS/c1-12-4-5-13(2)26(12)19-16(10-22-25(19)3)18(27)24-20-23-17(11-28-20)14-6-8-15(21)9-7-14/h4-11H,1-3H3,(H,23,24,27). The van der Waals surface area contributed by atoms with Crippen molar-refractivity contribution in [2.24, 2.45) is 7.05 Å². The zero-order valence-corrected chi connectivity index (χ0v) is 16.4. The highest BCUT2D eigenvalue weighted by Crippen LogP contribution is 2.26.